The Kier molecular flexibility index (Phi) is 4.29. The van der Waals surface area contributed by atoms with Gasteiger partial charge in [-0.1, -0.05) is 20.8 Å². The molecule has 3 heteroatoms. The quantitative estimate of drug-likeness (QED) is 0.757. The molecule has 0 aromatic carbocycles. The van der Waals surface area contributed by atoms with Crippen LogP contribution in [0, 0.1) is 5.92 Å². The third-order valence-corrected chi connectivity index (χ3v) is 5.02. The van der Waals surface area contributed by atoms with E-state index < -0.39 is 0 Å². The Labute approximate surface area is 91.6 Å². The van der Waals surface area contributed by atoms with Crippen LogP contribution in [0.25, 0.3) is 0 Å². The molecule has 0 spiro atoms. The van der Waals surface area contributed by atoms with Gasteiger partial charge >= 0.3 is 0 Å². The summed E-state index contributed by atoms with van der Waals surface area (Å²) >= 11 is 2.04. The second-order valence-electron chi connectivity index (χ2n) is 4.97. The molecule has 0 aromatic heterocycles. The van der Waals surface area contributed by atoms with Crippen molar-refractivity contribution in [2.45, 2.75) is 56.1 Å². The van der Waals surface area contributed by atoms with Crippen molar-refractivity contribution in [1.82, 2.24) is 0 Å². The highest BCUT2D eigenvalue weighted by atomic mass is 32.2. The monoisotopic (exact) mass is 217 g/mol. The fourth-order valence-electron chi connectivity index (χ4n) is 1.83. The minimum Gasteiger partial charge on any atom is -0.394 e. The average Bonchev–Trinajstić information content (AvgIpc) is 2.48. The summed E-state index contributed by atoms with van der Waals surface area (Å²) < 4.78 is 0. The van der Waals surface area contributed by atoms with E-state index in [2.05, 4.69) is 20.8 Å². The van der Waals surface area contributed by atoms with Crippen LogP contribution in [0.5, 0.6) is 0 Å². The number of aliphatic hydroxyl groups excluding tert-OH is 1. The molecule has 0 bridgehead atoms. The highest BCUT2D eigenvalue weighted by Crippen LogP contribution is 2.38. The summed E-state index contributed by atoms with van der Waals surface area (Å²) in [5, 5.41) is 10.5. The largest absolute Gasteiger partial charge is 0.394 e. The summed E-state index contributed by atoms with van der Waals surface area (Å²) in [6.07, 6.45) is 3.12. The van der Waals surface area contributed by atoms with Crippen molar-refractivity contribution in [3.05, 3.63) is 0 Å². The summed E-state index contributed by atoms with van der Waals surface area (Å²) in [7, 11) is 0. The average molecular weight is 217 g/mol. The third-order valence-electron chi connectivity index (χ3n) is 3.26. The molecule has 0 radical (unpaired) electrons. The van der Waals surface area contributed by atoms with Crippen LogP contribution in [0.1, 0.15) is 40.0 Å². The molecule has 14 heavy (non-hydrogen) atoms. The molecule has 0 amide bonds. The van der Waals surface area contributed by atoms with Gasteiger partial charge in [0.2, 0.25) is 0 Å². The Hall–Kier alpha value is 0.270. The molecule has 2 nitrogen and oxygen atoms in total. The minimum absolute atomic E-state index is 0.139. The first-order valence-corrected chi connectivity index (χ1v) is 6.46. The van der Waals surface area contributed by atoms with Gasteiger partial charge in [-0.15, -0.1) is 0 Å². The van der Waals surface area contributed by atoms with Gasteiger partial charge in [-0.2, -0.15) is 11.8 Å². The topological polar surface area (TPSA) is 46.2 Å². The van der Waals surface area contributed by atoms with Gasteiger partial charge in [0.15, 0.2) is 0 Å². The number of nitrogens with two attached hydrogens (primary N) is 1. The molecule has 1 aliphatic rings. The predicted molar refractivity (Wildman–Crippen MR) is 63.5 cm³/mol. The van der Waals surface area contributed by atoms with E-state index in [1.165, 1.54) is 6.42 Å². The van der Waals surface area contributed by atoms with Gasteiger partial charge in [0.25, 0.3) is 0 Å². The molecule has 3 atom stereocenters. The summed E-state index contributed by atoms with van der Waals surface area (Å²) in [5.41, 5.74) is 5.75. The van der Waals surface area contributed by atoms with Crippen LogP contribution in [-0.4, -0.2) is 27.8 Å². The Morgan fingerprint density at radius 3 is 2.57 bits per heavy atom. The molecule has 0 heterocycles. The molecule has 1 fully saturated rings. The second-order valence-corrected chi connectivity index (χ2v) is 6.65. The van der Waals surface area contributed by atoms with Crippen LogP contribution in [0.3, 0.4) is 0 Å². The highest BCUT2D eigenvalue weighted by molar-refractivity contribution is 8.00. The lowest BCUT2D eigenvalue weighted by molar-refractivity contribution is 0.200. The van der Waals surface area contributed by atoms with Crippen molar-refractivity contribution < 1.29 is 5.11 Å². The lowest BCUT2D eigenvalue weighted by atomic mass is 10.0. The van der Waals surface area contributed by atoms with Gasteiger partial charge in [0.1, 0.15) is 0 Å². The maximum absolute atomic E-state index is 9.15. The number of rotatable bonds is 4. The number of thioether (sulfide) groups is 1. The Balaban J connectivity index is 2.36. The van der Waals surface area contributed by atoms with Crippen molar-refractivity contribution in [2.24, 2.45) is 11.7 Å². The van der Waals surface area contributed by atoms with E-state index in [0.29, 0.717) is 10.5 Å². The molecule has 84 valence electrons. The van der Waals surface area contributed by atoms with Crippen LogP contribution in [-0.2, 0) is 0 Å². The smallest absolute Gasteiger partial charge is 0.0611 e. The first-order valence-electron chi connectivity index (χ1n) is 5.52. The van der Waals surface area contributed by atoms with Crippen molar-refractivity contribution in [1.29, 1.82) is 0 Å². The maximum Gasteiger partial charge on any atom is 0.0611 e. The van der Waals surface area contributed by atoms with Gasteiger partial charge in [-0.25, -0.2) is 0 Å². The lowest BCUT2D eigenvalue weighted by Crippen LogP contribution is -2.41. The molecule has 0 aromatic rings. The van der Waals surface area contributed by atoms with Gasteiger partial charge in [-0.05, 0) is 25.2 Å². The van der Waals surface area contributed by atoms with Crippen LogP contribution >= 0.6 is 11.8 Å². The summed E-state index contributed by atoms with van der Waals surface area (Å²) in [4.78, 5) is 0. The van der Waals surface area contributed by atoms with E-state index in [1.54, 1.807) is 0 Å². The summed E-state index contributed by atoms with van der Waals surface area (Å²) in [6, 6.07) is 0. The number of aliphatic hydroxyl groups is 1. The standard InChI is InChI=1S/C11H23NOS/c1-8(2)9(3)14-10-4-5-11(12,6-10)7-13/h8-10,13H,4-7,12H2,1-3H3. The van der Waals surface area contributed by atoms with E-state index in [-0.39, 0.29) is 12.1 Å². The lowest BCUT2D eigenvalue weighted by Gasteiger charge is -2.23. The Morgan fingerprint density at radius 2 is 2.14 bits per heavy atom. The molecule has 3 unspecified atom stereocenters. The SMILES string of the molecule is CC(C)C(C)SC1CCC(N)(CO)C1. The Bertz CT molecular complexity index is 186. The van der Waals surface area contributed by atoms with E-state index in [0.717, 1.165) is 18.8 Å². The molecule has 1 aliphatic carbocycles. The molecule has 0 aliphatic heterocycles. The molecule has 1 saturated carbocycles. The van der Waals surface area contributed by atoms with E-state index in [9.17, 15) is 0 Å². The van der Waals surface area contributed by atoms with Gasteiger partial charge in [-0.3, -0.25) is 0 Å². The van der Waals surface area contributed by atoms with Crippen LogP contribution in [0.4, 0.5) is 0 Å². The van der Waals surface area contributed by atoms with Crippen molar-refractivity contribution in [3.63, 3.8) is 0 Å². The van der Waals surface area contributed by atoms with Gasteiger partial charge in [0.05, 0.1) is 6.61 Å². The van der Waals surface area contributed by atoms with Crippen molar-refractivity contribution in [3.8, 4) is 0 Å². The fraction of sp³-hybridized carbons (Fsp3) is 1.00. The molecular formula is C11H23NOS. The van der Waals surface area contributed by atoms with E-state index in [4.69, 9.17) is 10.8 Å². The van der Waals surface area contributed by atoms with Crippen molar-refractivity contribution >= 4 is 11.8 Å². The zero-order valence-corrected chi connectivity index (χ0v) is 10.3. The fourth-order valence-corrected chi connectivity index (χ4v) is 3.43. The van der Waals surface area contributed by atoms with Crippen molar-refractivity contribution in [2.75, 3.05) is 6.61 Å². The normalized spacial score (nSPS) is 35.1. The third kappa shape index (κ3) is 3.14. The first kappa shape index (κ1) is 12.3. The number of hydrogen-bond acceptors (Lipinski definition) is 3. The molecule has 0 saturated heterocycles. The van der Waals surface area contributed by atoms with Gasteiger partial charge in [0, 0.05) is 16.0 Å². The first-order chi connectivity index (χ1) is 6.47. The van der Waals surface area contributed by atoms with Crippen LogP contribution in [0.2, 0.25) is 0 Å². The highest BCUT2D eigenvalue weighted by Gasteiger charge is 2.36. The molecular weight excluding hydrogens is 194 g/mol. The van der Waals surface area contributed by atoms with Gasteiger partial charge < -0.3 is 10.8 Å². The zero-order valence-electron chi connectivity index (χ0n) is 9.49. The van der Waals surface area contributed by atoms with E-state index in [1.807, 2.05) is 11.8 Å². The zero-order chi connectivity index (χ0) is 10.8. The Morgan fingerprint density at radius 1 is 1.50 bits per heavy atom. The molecule has 3 N–H and O–H groups in total. The number of hydrogen-bond donors (Lipinski definition) is 2. The minimum atomic E-state index is -0.283. The van der Waals surface area contributed by atoms with E-state index >= 15 is 0 Å². The summed E-state index contributed by atoms with van der Waals surface area (Å²) in [6.45, 7) is 6.94. The molecule has 1 rings (SSSR count). The maximum atomic E-state index is 9.15. The predicted octanol–water partition coefficient (Wildman–Crippen LogP) is 2.01. The summed E-state index contributed by atoms with van der Waals surface area (Å²) in [5.74, 6) is 0.724. The van der Waals surface area contributed by atoms with Crippen LogP contribution < -0.4 is 5.73 Å². The second kappa shape index (κ2) is 4.86. The van der Waals surface area contributed by atoms with Crippen LogP contribution in [0.15, 0.2) is 0 Å².